The van der Waals surface area contributed by atoms with Crippen molar-refractivity contribution in [3.8, 4) is 0 Å². The number of carbonyl (C=O) groups excluding carboxylic acids is 1. The Labute approximate surface area is 158 Å². The zero-order valence-corrected chi connectivity index (χ0v) is 16.3. The first-order valence-electron chi connectivity index (χ1n) is 8.96. The van der Waals surface area contributed by atoms with Gasteiger partial charge in [0.2, 0.25) is 5.91 Å². The summed E-state index contributed by atoms with van der Waals surface area (Å²) in [5, 5.41) is 4.11. The van der Waals surface area contributed by atoms with E-state index in [4.69, 9.17) is 0 Å². The minimum Gasteiger partial charge on any atom is -0.348 e. The van der Waals surface area contributed by atoms with E-state index in [0.29, 0.717) is 13.1 Å². The van der Waals surface area contributed by atoms with Crippen LogP contribution in [0.5, 0.6) is 0 Å². The van der Waals surface area contributed by atoms with Crippen molar-refractivity contribution in [1.82, 2.24) is 15.2 Å². The normalized spacial score (nSPS) is 12.5. The van der Waals surface area contributed by atoms with Crippen LogP contribution in [0.1, 0.15) is 36.0 Å². The summed E-state index contributed by atoms with van der Waals surface area (Å²) in [6, 6.07) is 16.6. The number of hydrogen-bond donors (Lipinski definition) is 1. The van der Waals surface area contributed by atoms with E-state index in [9.17, 15) is 4.79 Å². The number of carbonyl (C=O) groups is 1. The number of hydrogen-bond acceptors (Lipinski definition) is 4. The average Bonchev–Trinajstić information content (AvgIpc) is 3.03. The SMILES string of the molecule is CCc1ccc([C@H](C)NC(=O)CN(C)Cc2nc3ccccc3s2)cc1. The van der Waals surface area contributed by atoms with Gasteiger partial charge in [0, 0.05) is 0 Å². The summed E-state index contributed by atoms with van der Waals surface area (Å²) in [4.78, 5) is 19.0. The minimum absolute atomic E-state index is 0.00394. The van der Waals surface area contributed by atoms with Crippen LogP contribution in [0, 0.1) is 0 Å². The van der Waals surface area contributed by atoms with Crippen molar-refractivity contribution in [3.05, 3.63) is 64.7 Å². The fraction of sp³-hybridized carbons (Fsp3) is 0.333. The number of benzene rings is 2. The van der Waals surface area contributed by atoms with E-state index in [2.05, 4.69) is 47.6 Å². The lowest BCUT2D eigenvalue weighted by Gasteiger charge is -2.18. The van der Waals surface area contributed by atoms with Gasteiger partial charge in [0.1, 0.15) is 5.01 Å². The molecule has 2 aromatic carbocycles. The van der Waals surface area contributed by atoms with E-state index >= 15 is 0 Å². The van der Waals surface area contributed by atoms with E-state index in [1.54, 1.807) is 11.3 Å². The number of amides is 1. The predicted octanol–water partition coefficient (Wildman–Crippen LogP) is 4.17. The Hall–Kier alpha value is -2.24. The highest BCUT2D eigenvalue weighted by atomic mass is 32.1. The maximum absolute atomic E-state index is 12.4. The Kier molecular flexibility index (Phi) is 6.01. The molecule has 0 bridgehead atoms. The lowest BCUT2D eigenvalue weighted by atomic mass is 10.1. The zero-order valence-electron chi connectivity index (χ0n) is 15.5. The largest absolute Gasteiger partial charge is 0.348 e. The molecule has 1 aromatic heterocycles. The van der Waals surface area contributed by atoms with Gasteiger partial charge in [0.25, 0.3) is 0 Å². The van der Waals surface area contributed by atoms with Crippen LogP contribution < -0.4 is 5.32 Å². The molecule has 0 saturated carbocycles. The number of rotatable bonds is 7. The molecule has 136 valence electrons. The van der Waals surface area contributed by atoms with Gasteiger partial charge in [-0.05, 0) is 43.7 Å². The Balaban J connectivity index is 1.53. The molecule has 0 fully saturated rings. The summed E-state index contributed by atoms with van der Waals surface area (Å²) >= 11 is 1.68. The molecule has 1 heterocycles. The summed E-state index contributed by atoms with van der Waals surface area (Å²) in [5.41, 5.74) is 3.46. The minimum atomic E-state index is 0.00394. The molecule has 3 aromatic rings. The van der Waals surface area contributed by atoms with Crippen molar-refractivity contribution in [2.24, 2.45) is 0 Å². The third-order valence-corrected chi connectivity index (χ3v) is 5.44. The molecule has 1 atom stereocenters. The van der Waals surface area contributed by atoms with Crippen LogP contribution in [0.25, 0.3) is 10.2 Å². The fourth-order valence-corrected chi connectivity index (χ4v) is 3.98. The third-order valence-electron chi connectivity index (χ3n) is 4.42. The second kappa shape index (κ2) is 8.43. The standard InChI is InChI=1S/C21H25N3OS/c1-4-16-9-11-17(12-10-16)15(2)22-20(25)13-24(3)14-21-23-18-7-5-6-8-19(18)26-21/h5-12,15H,4,13-14H2,1-3H3,(H,22,25)/t15-/m0/s1. The Bertz CT molecular complexity index is 839. The molecule has 0 aliphatic rings. The Morgan fingerprint density at radius 3 is 2.62 bits per heavy atom. The van der Waals surface area contributed by atoms with Gasteiger partial charge in [-0.2, -0.15) is 0 Å². The molecule has 0 saturated heterocycles. The van der Waals surface area contributed by atoms with Gasteiger partial charge in [-0.3, -0.25) is 9.69 Å². The lowest BCUT2D eigenvalue weighted by molar-refractivity contribution is -0.122. The number of aromatic nitrogens is 1. The number of para-hydroxylation sites is 1. The van der Waals surface area contributed by atoms with Crippen LogP contribution >= 0.6 is 11.3 Å². The molecule has 4 nitrogen and oxygen atoms in total. The number of nitrogens with one attached hydrogen (secondary N) is 1. The summed E-state index contributed by atoms with van der Waals surface area (Å²) in [6.45, 7) is 5.19. The molecule has 0 spiro atoms. The molecule has 1 amide bonds. The molecular formula is C21H25N3OS. The summed E-state index contributed by atoms with van der Waals surface area (Å²) in [6.07, 6.45) is 1.03. The van der Waals surface area contributed by atoms with Crippen LogP contribution in [0.4, 0.5) is 0 Å². The summed E-state index contributed by atoms with van der Waals surface area (Å²) < 4.78 is 1.18. The molecule has 5 heteroatoms. The number of thiazole rings is 1. The van der Waals surface area contributed by atoms with Gasteiger partial charge in [0.15, 0.2) is 0 Å². The Morgan fingerprint density at radius 1 is 1.19 bits per heavy atom. The first-order chi connectivity index (χ1) is 12.5. The van der Waals surface area contributed by atoms with Gasteiger partial charge >= 0.3 is 0 Å². The van der Waals surface area contributed by atoms with Crippen LogP contribution in [0.2, 0.25) is 0 Å². The second-order valence-corrected chi connectivity index (χ2v) is 7.75. The predicted molar refractivity (Wildman–Crippen MR) is 108 cm³/mol. The fourth-order valence-electron chi connectivity index (χ4n) is 2.93. The summed E-state index contributed by atoms with van der Waals surface area (Å²) in [5.74, 6) is 0.0284. The third kappa shape index (κ3) is 4.68. The highest BCUT2D eigenvalue weighted by Crippen LogP contribution is 2.22. The topological polar surface area (TPSA) is 45.2 Å². The van der Waals surface area contributed by atoms with Gasteiger partial charge in [0.05, 0.1) is 29.3 Å². The molecule has 0 aliphatic heterocycles. The number of likely N-dealkylation sites (N-methyl/N-ethyl adjacent to an activating group) is 1. The molecule has 0 unspecified atom stereocenters. The van der Waals surface area contributed by atoms with E-state index in [1.807, 2.05) is 37.1 Å². The Morgan fingerprint density at radius 2 is 1.92 bits per heavy atom. The van der Waals surface area contributed by atoms with Crippen LogP contribution in [-0.2, 0) is 17.8 Å². The number of aryl methyl sites for hydroxylation is 1. The van der Waals surface area contributed by atoms with E-state index in [-0.39, 0.29) is 11.9 Å². The first-order valence-corrected chi connectivity index (χ1v) is 9.78. The van der Waals surface area contributed by atoms with E-state index < -0.39 is 0 Å². The van der Waals surface area contributed by atoms with Crippen molar-refractivity contribution < 1.29 is 4.79 Å². The van der Waals surface area contributed by atoms with Gasteiger partial charge < -0.3 is 5.32 Å². The lowest BCUT2D eigenvalue weighted by Crippen LogP contribution is -2.36. The van der Waals surface area contributed by atoms with Gasteiger partial charge in [-0.25, -0.2) is 4.98 Å². The smallest absolute Gasteiger partial charge is 0.234 e. The van der Waals surface area contributed by atoms with Gasteiger partial charge in [-0.1, -0.05) is 43.3 Å². The summed E-state index contributed by atoms with van der Waals surface area (Å²) in [7, 11) is 1.95. The highest BCUT2D eigenvalue weighted by molar-refractivity contribution is 7.18. The molecule has 26 heavy (non-hydrogen) atoms. The molecule has 1 N–H and O–H groups in total. The zero-order chi connectivity index (χ0) is 18.5. The molecule has 3 rings (SSSR count). The van der Waals surface area contributed by atoms with Gasteiger partial charge in [-0.15, -0.1) is 11.3 Å². The van der Waals surface area contributed by atoms with Crippen molar-refractivity contribution in [3.63, 3.8) is 0 Å². The van der Waals surface area contributed by atoms with Crippen LogP contribution in [0.15, 0.2) is 48.5 Å². The van der Waals surface area contributed by atoms with Crippen molar-refractivity contribution in [2.75, 3.05) is 13.6 Å². The maximum atomic E-state index is 12.4. The highest BCUT2D eigenvalue weighted by Gasteiger charge is 2.13. The first kappa shape index (κ1) is 18.5. The van der Waals surface area contributed by atoms with Crippen molar-refractivity contribution >= 4 is 27.5 Å². The maximum Gasteiger partial charge on any atom is 0.234 e. The van der Waals surface area contributed by atoms with E-state index in [0.717, 1.165) is 22.5 Å². The average molecular weight is 368 g/mol. The van der Waals surface area contributed by atoms with Crippen LogP contribution in [-0.4, -0.2) is 29.4 Å². The molecular weight excluding hydrogens is 342 g/mol. The monoisotopic (exact) mass is 367 g/mol. The van der Waals surface area contributed by atoms with Crippen molar-refractivity contribution in [2.45, 2.75) is 32.9 Å². The van der Waals surface area contributed by atoms with E-state index in [1.165, 1.54) is 10.3 Å². The quantitative estimate of drug-likeness (QED) is 0.682. The number of fused-ring (bicyclic) bond motifs is 1. The number of nitrogens with zero attached hydrogens (tertiary/aromatic N) is 2. The second-order valence-electron chi connectivity index (χ2n) is 6.63. The van der Waals surface area contributed by atoms with Crippen LogP contribution in [0.3, 0.4) is 0 Å². The molecule has 0 radical (unpaired) electrons. The van der Waals surface area contributed by atoms with Crippen molar-refractivity contribution in [1.29, 1.82) is 0 Å². The molecule has 0 aliphatic carbocycles.